The zero-order valence-electron chi connectivity index (χ0n) is 12.0. The molecule has 2 unspecified atom stereocenters. The van der Waals surface area contributed by atoms with Gasteiger partial charge < -0.3 is 5.32 Å². The molecule has 1 N–H and O–H groups in total. The molecule has 2 atom stereocenters. The van der Waals surface area contributed by atoms with Crippen molar-refractivity contribution in [3.63, 3.8) is 0 Å². The molecule has 0 saturated carbocycles. The van der Waals surface area contributed by atoms with Crippen LogP contribution < -0.4 is 5.32 Å². The van der Waals surface area contributed by atoms with Crippen molar-refractivity contribution in [3.05, 3.63) is 33.8 Å². The first kappa shape index (κ1) is 13.6. The van der Waals surface area contributed by atoms with E-state index in [-0.39, 0.29) is 0 Å². The summed E-state index contributed by atoms with van der Waals surface area (Å²) in [6.45, 7) is 11.6. The number of hydrogen-bond donors (Lipinski definition) is 1. The largest absolute Gasteiger partial charge is 0.316 e. The van der Waals surface area contributed by atoms with Crippen LogP contribution in [-0.2, 0) is 6.54 Å². The molecule has 2 heterocycles. The molecule has 3 rings (SSSR count). The van der Waals surface area contributed by atoms with Gasteiger partial charge in [-0.3, -0.25) is 4.90 Å². The van der Waals surface area contributed by atoms with E-state index >= 15 is 0 Å². The highest BCUT2D eigenvalue weighted by Crippen LogP contribution is 2.41. The number of rotatable bonds is 2. The van der Waals surface area contributed by atoms with Crippen molar-refractivity contribution in [2.45, 2.75) is 32.9 Å². The maximum atomic E-state index is 3.64. The van der Waals surface area contributed by atoms with Crippen molar-refractivity contribution < 1.29 is 0 Å². The van der Waals surface area contributed by atoms with Gasteiger partial charge in [-0.2, -0.15) is 0 Å². The molecule has 2 fully saturated rings. The van der Waals surface area contributed by atoms with Crippen molar-refractivity contribution in [2.75, 3.05) is 19.6 Å². The Morgan fingerprint density at radius 2 is 2.16 bits per heavy atom. The Balaban J connectivity index is 1.78. The summed E-state index contributed by atoms with van der Waals surface area (Å²) in [5.74, 6) is 1.64. The maximum Gasteiger partial charge on any atom is 0.0239 e. The van der Waals surface area contributed by atoms with Crippen LogP contribution in [0.25, 0.3) is 0 Å². The molecule has 2 aliphatic rings. The quantitative estimate of drug-likeness (QED) is 0.899. The molecule has 2 saturated heterocycles. The number of benzene rings is 1. The van der Waals surface area contributed by atoms with E-state index < -0.39 is 0 Å². The van der Waals surface area contributed by atoms with Gasteiger partial charge >= 0.3 is 0 Å². The third-order valence-corrected chi connectivity index (χ3v) is 5.98. The third kappa shape index (κ3) is 2.37. The van der Waals surface area contributed by atoms with Crippen molar-refractivity contribution in [3.8, 4) is 0 Å². The van der Waals surface area contributed by atoms with Gasteiger partial charge in [0.05, 0.1) is 0 Å². The van der Waals surface area contributed by atoms with Gasteiger partial charge in [0, 0.05) is 29.6 Å². The Hall–Kier alpha value is -0.380. The number of nitrogens with zero attached hydrogens (tertiary/aromatic N) is 1. The average Bonchev–Trinajstić information content (AvgIpc) is 2.89. The number of halogens is 1. The van der Waals surface area contributed by atoms with Crippen LogP contribution in [0.4, 0.5) is 0 Å². The monoisotopic (exact) mass is 322 g/mol. The third-order valence-electron chi connectivity index (χ3n) is 5.13. The van der Waals surface area contributed by atoms with E-state index in [1.807, 2.05) is 0 Å². The zero-order chi connectivity index (χ0) is 13.6. The minimum absolute atomic E-state index is 0.311. The Morgan fingerprint density at radius 1 is 1.37 bits per heavy atom. The summed E-state index contributed by atoms with van der Waals surface area (Å²) in [4.78, 5) is 2.67. The minimum Gasteiger partial charge on any atom is -0.316 e. The SMILES string of the molecule is Cc1ccc(CN2CC3CNCC3C2(C)C)cc1Br. The van der Waals surface area contributed by atoms with Crippen LogP contribution in [0.15, 0.2) is 22.7 Å². The predicted molar refractivity (Wildman–Crippen MR) is 83.2 cm³/mol. The Morgan fingerprint density at radius 3 is 2.84 bits per heavy atom. The fourth-order valence-electron chi connectivity index (χ4n) is 3.73. The molecule has 0 bridgehead atoms. The van der Waals surface area contributed by atoms with Crippen LogP contribution in [-0.4, -0.2) is 30.1 Å². The summed E-state index contributed by atoms with van der Waals surface area (Å²) >= 11 is 3.64. The van der Waals surface area contributed by atoms with Crippen LogP contribution in [0.3, 0.4) is 0 Å². The lowest BCUT2D eigenvalue weighted by molar-refractivity contribution is 0.132. The zero-order valence-corrected chi connectivity index (χ0v) is 13.6. The molecule has 1 aromatic rings. The van der Waals surface area contributed by atoms with E-state index in [4.69, 9.17) is 0 Å². The number of fused-ring (bicyclic) bond motifs is 1. The van der Waals surface area contributed by atoms with E-state index in [1.54, 1.807) is 0 Å². The first-order valence-corrected chi connectivity index (χ1v) is 7.98. The average molecular weight is 323 g/mol. The van der Waals surface area contributed by atoms with Crippen molar-refractivity contribution in [1.82, 2.24) is 10.2 Å². The van der Waals surface area contributed by atoms with E-state index in [1.165, 1.54) is 35.2 Å². The molecule has 0 radical (unpaired) electrons. The molecule has 19 heavy (non-hydrogen) atoms. The highest BCUT2D eigenvalue weighted by atomic mass is 79.9. The predicted octanol–water partition coefficient (Wildman–Crippen LogP) is 3.19. The van der Waals surface area contributed by atoms with Gasteiger partial charge in [-0.15, -0.1) is 0 Å². The fourth-order valence-corrected chi connectivity index (χ4v) is 4.15. The lowest BCUT2D eigenvalue weighted by Crippen LogP contribution is -2.43. The van der Waals surface area contributed by atoms with E-state index in [0.717, 1.165) is 18.4 Å². The number of nitrogens with one attached hydrogen (secondary N) is 1. The standard InChI is InChI=1S/C16H23BrN2/c1-11-4-5-12(6-15(11)17)9-19-10-13-7-18-8-14(13)16(19,2)3/h4-6,13-14,18H,7-10H2,1-3H3. The van der Waals surface area contributed by atoms with E-state index in [9.17, 15) is 0 Å². The van der Waals surface area contributed by atoms with Gasteiger partial charge in [-0.1, -0.05) is 28.1 Å². The lowest BCUT2D eigenvalue weighted by atomic mass is 9.85. The van der Waals surface area contributed by atoms with Crippen LogP contribution >= 0.6 is 15.9 Å². The maximum absolute atomic E-state index is 3.64. The van der Waals surface area contributed by atoms with Crippen molar-refractivity contribution >= 4 is 15.9 Å². The van der Waals surface area contributed by atoms with E-state index in [2.05, 4.69) is 65.1 Å². The second-order valence-corrected chi connectivity index (χ2v) is 7.50. The van der Waals surface area contributed by atoms with Crippen LogP contribution in [0, 0.1) is 18.8 Å². The van der Waals surface area contributed by atoms with Gasteiger partial charge in [-0.05, 0) is 56.3 Å². The molecular weight excluding hydrogens is 300 g/mol. The van der Waals surface area contributed by atoms with Crippen LogP contribution in [0.2, 0.25) is 0 Å². The summed E-state index contributed by atoms with van der Waals surface area (Å²) in [6, 6.07) is 6.76. The highest BCUT2D eigenvalue weighted by molar-refractivity contribution is 9.10. The first-order valence-electron chi connectivity index (χ1n) is 7.19. The van der Waals surface area contributed by atoms with Gasteiger partial charge in [0.2, 0.25) is 0 Å². The van der Waals surface area contributed by atoms with Crippen LogP contribution in [0.5, 0.6) is 0 Å². The summed E-state index contributed by atoms with van der Waals surface area (Å²) in [5, 5.41) is 3.55. The summed E-state index contributed by atoms with van der Waals surface area (Å²) in [6.07, 6.45) is 0. The molecule has 3 heteroatoms. The highest BCUT2D eigenvalue weighted by Gasteiger charge is 2.49. The topological polar surface area (TPSA) is 15.3 Å². The van der Waals surface area contributed by atoms with Gasteiger partial charge in [0.25, 0.3) is 0 Å². The molecule has 104 valence electrons. The molecule has 0 amide bonds. The molecule has 0 aliphatic carbocycles. The molecule has 2 aliphatic heterocycles. The van der Waals surface area contributed by atoms with Crippen molar-refractivity contribution in [2.24, 2.45) is 11.8 Å². The summed E-state index contributed by atoms with van der Waals surface area (Å²) in [7, 11) is 0. The second kappa shape index (κ2) is 4.87. The second-order valence-electron chi connectivity index (χ2n) is 6.64. The summed E-state index contributed by atoms with van der Waals surface area (Å²) < 4.78 is 1.23. The number of aryl methyl sites for hydroxylation is 1. The lowest BCUT2D eigenvalue weighted by Gasteiger charge is -2.35. The Labute approximate surface area is 124 Å². The fraction of sp³-hybridized carbons (Fsp3) is 0.625. The molecule has 0 aromatic heterocycles. The van der Waals surface area contributed by atoms with Crippen molar-refractivity contribution in [1.29, 1.82) is 0 Å². The molecule has 1 aromatic carbocycles. The normalized spacial score (nSPS) is 29.7. The minimum atomic E-state index is 0.311. The van der Waals surface area contributed by atoms with Gasteiger partial charge in [0.15, 0.2) is 0 Å². The molecule has 2 nitrogen and oxygen atoms in total. The smallest absolute Gasteiger partial charge is 0.0239 e. The number of hydrogen-bond acceptors (Lipinski definition) is 2. The Kier molecular flexibility index (Phi) is 3.48. The van der Waals surface area contributed by atoms with Gasteiger partial charge in [-0.25, -0.2) is 0 Å². The Bertz CT molecular complexity index is 484. The first-order chi connectivity index (χ1) is 8.98. The van der Waals surface area contributed by atoms with Crippen LogP contribution in [0.1, 0.15) is 25.0 Å². The molecular formula is C16H23BrN2. The van der Waals surface area contributed by atoms with Gasteiger partial charge in [0.1, 0.15) is 0 Å². The number of likely N-dealkylation sites (tertiary alicyclic amines) is 1. The van der Waals surface area contributed by atoms with E-state index in [0.29, 0.717) is 5.54 Å². The molecule has 0 spiro atoms. The summed E-state index contributed by atoms with van der Waals surface area (Å²) in [5.41, 5.74) is 3.04.